The van der Waals surface area contributed by atoms with Crippen molar-refractivity contribution in [2.24, 2.45) is 5.41 Å². The van der Waals surface area contributed by atoms with E-state index in [4.69, 9.17) is 35.9 Å². The summed E-state index contributed by atoms with van der Waals surface area (Å²) in [5.74, 6) is -0.267. The van der Waals surface area contributed by atoms with Crippen molar-refractivity contribution < 1.29 is 33.0 Å². The van der Waals surface area contributed by atoms with E-state index in [1.54, 1.807) is 34.9 Å². The molecular formula is C24H32ClN6O7P. The third-order valence-electron chi connectivity index (χ3n) is 5.69. The van der Waals surface area contributed by atoms with Crippen molar-refractivity contribution in [2.75, 3.05) is 18.9 Å². The van der Waals surface area contributed by atoms with E-state index in [1.807, 2.05) is 20.8 Å². The van der Waals surface area contributed by atoms with Gasteiger partial charge in [0.1, 0.15) is 35.7 Å². The minimum Gasteiger partial charge on any atom is -0.464 e. The molecule has 0 radical (unpaired) electrons. The molecule has 1 aliphatic rings. The fourth-order valence-corrected chi connectivity index (χ4v) is 5.73. The smallest absolute Gasteiger partial charge is 0.459 e. The van der Waals surface area contributed by atoms with Gasteiger partial charge in [-0.2, -0.15) is 15.1 Å². The molecule has 1 aromatic carbocycles. The van der Waals surface area contributed by atoms with Crippen LogP contribution in [0.3, 0.4) is 0 Å². The number of hydrogen-bond acceptors (Lipinski definition) is 11. The van der Waals surface area contributed by atoms with Gasteiger partial charge in [-0.15, -0.1) is 0 Å². The lowest BCUT2D eigenvalue weighted by atomic mass is 9.99. The van der Waals surface area contributed by atoms with E-state index in [9.17, 15) is 14.5 Å². The van der Waals surface area contributed by atoms with E-state index < -0.39 is 44.8 Å². The summed E-state index contributed by atoms with van der Waals surface area (Å²) in [7, 11) is -4.22. The fraction of sp³-hybridized carbons (Fsp3) is 0.500. The minimum atomic E-state index is -4.22. The number of esters is 1. The second kappa shape index (κ2) is 11.7. The highest BCUT2D eigenvalue weighted by Crippen LogP contribution is 2.49. The number of benzene rings is 1. The van der Waals surface area contributed by atoms with Gasteiger partial charge in [0.15, 0.2) is 11.5 Å². The minimum absolute atomic E-state index is 0.0662. The Bertz CT molecular complexity index is 1350. The highest BCUT2D eigenvalue weighted by Gasteiger charge is 2.44. The molecule has 0 saturated carbocycles. The number of fused-ring (bicyclic) bond motifs is 1. The largest absolute Gasteiger partial charge is 0.464 e. The molecule has 1 aliphatic heterocycles. The van der Waals surface area contributed by atoms with E-state index in [-0.39, 0.29) is 35.3 Å². The number of hydrogen-bond donors (Lipinski definition) is 3. The molecule has 0 bridgehead atoms. The molecule has 2 aromatic heterocycles. The zero-order valence-electron chi connectivity index (χ0n) is 22.0. The molecule has 3 aromatic rings. The number of imidazole rings is 1. The van der Waals surface area contributed by atoms with Crippen molar-refractivity contribution in [1.82, 2.24) is 24.6 Å². The first-order valence-electron chi connectivity index (χ1n) is 12.3. The number of anilines is 1. The van der Waals surface area contributed by atoms with E-state index in [0.717, 1.165) is 0 Å². The summed E-state index contributed by atoms with van der Waals surface area (Å²) in [5, 5.41) is 12.6. The number of carbonyl (C=O) groups is 1. The van der Waals surface area contributed by atoms with Gasteiger partial charge in [0, 0.05) is 6.42 Å². The number of carbonyl (C=O) groups excluding carboxylic acids is 1. The maximum Gasteiger partial charge on any atom is 0.459 e. The summed E-state index contributed by atoms with van der Waals surface area (Å²) in [5.41, 5.74) is 6.31. The van der Waals surface area contributed by atoms with Crippen LogP contribution in [0.4, 0.5) is 5.82 Å². The Labute approximate surface area is 230 Å². The Morgan fingerprint density at radius 3 is 2.72 bits per heavy atom. The van der Waals surface area contributed by atoms with Gasteiger partial charge >= 0.3 is 13.7 Å². The van der Waals surface area contributed by atoms with Crippen LogP contribution in [-0.2, 0) is 23.4 Å². The monoisotopic (exact) mass is 582 g/mol. The lowest BCUT2D eigenvalue weighted by molar-refractivity contribution is -0.148. The van der Waals surface area contributed by atoms with Crippen molar-refractivity contribution in [3.05, 3.63) is 41.9 Å². The molecule has 1 saturated heterocycles. The lowest BCUT2D eigenvalue weighted by Gasteiger charge is -2.27. The first kappa shape index (κ1) is 29.2. The Hall–Kier alpha value is -2.80. The van der Waals surface area contributed by atoms with Crippen molar-refractivity contribution in [1.29, 1.82) is 0 Å². The van der Waals surface area contributed by atoms with Crippen LogP contribution >= 0.6 is 19.3 Å². The number of para-hydroxylation sites is 1. The number of nitrogens with two attached hydrogens (primary N) is 1. The molecule has 3 heterocycles. The molecular weight excluding hydrogens is 551 g/mol. The maximum atomic E-state index is 14.0. The second-order valence-corrected chi connectivity index (χ2v) is 12.3. The number of aliphatic hydroxyl groups is 1. The van der Waals surface area contributed by atoms with Crippen LogP contribution in [0.5, 0.6) is 5.75 Å². The number of nitrogen functional groups attached to an aromatic ring is 1. The van der Waals surface area contributed by atoms with Gasteiger partial charge in [-0.25, -0.2) is 9.55 Å². The van der Waals surface area contributed by atoms with Gasteiger partial charge in [0.2, 0.25) is 5.28 Å². The molecule has 15 heteroatoms. The summed E-state index contributed by atoms with van der Waals surface area (Å²) in [6.07, 6.45) is -0.933. The standard InChI is InChI=1S/C24H32ClN6O7P/c1-14(22(33)35-12-24(2,3)4)30-39(34,37-15-8-6-5-7-9-15)38-16-10-18(36-17(16)11-32)31-13-27-19-20(26)28-23(25)29-21(19)31/h5-9,13-14,16-18,32H,10-12H2,1-4H3,(H,30,34)(H2,26,28,29)/t14-,16?,17+,18+,39?/m0/s1. The summed E-state index contributed by atoms with van der Waals surface area (Å²) in [6.45, 7) is 7.00. The highest BCUT2D eigenvalue weighted by molar-refractivity contribution is 7.52. The Morgan fingerprint density at radius 2 is 2.05 bits per heavy atom. The molecule has 39 heavy (non-hydrogen) atoms. The zero-order valence-corrected chi connectivity index (χ0v) is 23.6. The summed E-state index contributed by atoms with van der Waals surface area (Å²) < 4.78 is 38.7. The molecule has 0 aliphatic carbocycles. The summed E-state index contributed by atoms with van der Waals surface area (Å²) >= 11 is 5.98. The molecule has 4 N–H and O–H groups in total. The summed E-state index contributed by atoms with van der Waals surface area (Å²) in [6, 6.07) is 7.34. The Balaban J connectivity index is 1.56. The fourth-order valence-electron chi connectivity index (χ4n) is 3.85. The number of nitrogens with zero attached hydrogens (tertiary/aromatic N) is 4. The topological polar surface area (TPSA) is 173 Å². The molecule has 5 atom stereocenters. The van der Waals surface area contributed by atoms with Gasteiger partial charge in [0.25, 0.3) is 0 Å². The van der Waals surface area contributed by atoms with Gasteiger partial charge in [0.05, 0.1) is 19.5 Å². The molecule has 0 spiro atoms. The van der Waals surface area contributed by atoms with Crippen LogP contribution in [0.15, 0.2) is 36.7 Å². The van der Waals surface area contributed by atoms with Crippen molar-refractivity contribution >= 4 is 42.3 Å². The molecule has 1 fully saturated rings. The molecule has 4 rings (SSSR count). The Kier molecular flexibility index (Phi) is 8.79. The van der Waals surface area contributed by atoms with E-state index >= 15 is 0 Å². The van der Waals surface area contributed by atoms with Crippen LogP contribution in [0.25, 0.3) is 11.2 Å². The number of aromatic nitrogens is 4. The van der Waals surface area contributed by atoms with E-state index in [2.05, 4.69) is 20.0 Å². The van der Waals surface area contributed by atoms with Crippen LogP contribution < -0.4 is 15.3 Å². The highest BCUT2D eigenvalue weighted by atomic mass is 35.5. The number of rotatable bonds is 10. The quantitative estimate of drug-likeness (QED) is 0.181. The van der Waals surface area contributed by atoms with Gasteiger partial charge in [-0.05, 0) is 36.1 Å². The van der Waals surface area contributed by atoms with Crippen molar-refractivity contribution in [3.63, 3.8) is 0 Å². The third kappa shape index (κ3) is 7.24. The Morgan fingerprint density at radius 1 is 1.33 bits per heavy atom. The predicted octanol–water partition coefficient (Wildman–Crippen LogP) is 3.48. The van der Waals surface area contributed by atoms with Crippen LogP contribution in [-0.4, -0.2) is 62.1 Å². The van der Waals surface area contributed by atoms with Crippen LogP contribution in [0.1, 0.15) is 40.3 Å². The number of nitrogens with one attached hydrogen (secondary N) is 1. The maximum absolute atomic E-state index is 14.0. The molecule has 0 amide bonds. The number of halogens is 1. The summed E-state index contributed by atoms with van der Waals surface area (Å²) in [4.78, 5) is 25.0. The SMILES string of the molecule is C[C@H](NP(=O)(Oc1ccccc1)OC1C[C@H](n2cnc3c(N)nc(Cl)nc32)O[C@@H]1CO)C(=O)OCC(C)(C)C. The predicted molar refractivity (Wildman–Crippen MR) is 143 cm³/mol. The second-order valence-electron chi connectivity index (χ2n) is 10.3. The normalized spacial score (nSPS) is 21.9. The van der Waals surface area contributed by atoms with Gasteiger partial charge in [-0.1, -0.05) is 39.0 Å². The van der Waals surface area contributed by atoms with E-state index in [0.29, 0.717) is 11.2 Å². The van der Waals surface area contributed by atoms with Crippen molar-refractivity contribution in [3.8, 4) is 5.75 Å². The number of ether oxygens (including phenoxy) is 2. The molecule has 212 valence electrons. The van der Waals surface area contributed by atoms with Gasteiger partial charge < -0.3 is 24.8 Å². The average Bonchev–Trinajstić information content (AvgIpc) is 3.46. The van der Waals surface area contributed by atoms with E-state index in [1.165, 1.54) is 13.3 Å². The average molecular weight is 583 g/mol. The van der Waals surface area contributed by atoms with Crippen LogP contribution in [0, 0.1) is 5.41 Å². The molecule has 13 nitrogen and oxygen atoms in total. The van der Waals surface area contributed by atoms with Crippen LogP contribution in [0.2, 0.25) is 5.28 Å². The zero-order chi connectivity index (χ0) is 28.4. The lowest BCUT2D eigenvalue weighted by Crippen LogP contribution is -2.38. The third-order valence-corrected chi connectivity index (χ3v) is 7.56. The molecule has 2 unspecified atom stereocenters. The van der Waals surface area contributed by atoms with Gasteiger partial charge in [-0.3, -0.25) is 13.9 Å². The number of aliphatic hydroxyl groups excluding tert-OH is 1. The van der Waals surface area contributed by atoms with Crippen molar-refractivity contribution in [2.45, 2.75) is 58.6 Å². The first-order chi connectivity index (χ1) is 18.4. The first-order valence-corrected chi connectivity index (χ1v) is 14.2.